The van der Waals surface area contributed by atoms with Crippen LogP contribution in [0, 0.1) is 13.8 Å². The van der Waals surface area contributed by atoms with Gasteiger partial charge in [-0.1, -0.05) is 65.3 Å². The van der Waals surface area contributed by atoms with E-state index in [1.165, 1.54) is 5.56 Å². The summed E-state index contributed by atoms with van der Waals surface area (Å²) >= 11 is 9.50. The third kappa shape index (κ3) is 5.41. The van der Waals surface area contributed by atoms with Crippen LogP contribution >= 0.6 is 34.7 Å². The van der Waals surface area contributed by atoms with Crippen molar-refractivity contribution in [2.75, 3.05) is 0 Å². The average Bonchev–Trinajstić information content (AvgIpc) is 3.41. The van der Waals surface area contributed by atoms with Gasteiger partial charge in [0.25, 0.3) is 0 Å². The van der Waals surface area contributed by atoms with Crippen LogP contribution in [0.5, 0.6) is 5.75 Å². The summed E-state index contributed by atoms with van der Waals surface area (Å²) in [6, 6.07) is 14.1. The molecule has 32 heavy (non-hydrogen) atoms. The van der Waals surface area contributed by atoms with Crippen LogP contribution in [-0.4, -0.2) is 19.7 Å². The molecule has 0 N–H and O–H groups in total. The fraction of sp³-hybridized carbons (Fsp3) is 0.208. The first-order chi connectivity index (χ1) is 15.5. The van der Waals surface area contributed by atoms with E-state index >= 15 is 0 Å². The number of allylic oxidation sites excluding steroid dienone is 1. The van der Waals surface area contributed by atoms with Gasteiger partial charge < -0.3 is 4.74 Å². The van der Waals surface area contributed by atoms with E-state index in [0.717, 1.165) is 32.8 Å². The highest BCUT2D eigenvalue weighted by Gasteiger charge is 2.14. The predicted octanol–water partition coefficient (Wildman–Crippen LogP) is 6.73. The second kappa shape index (κ2) is 10.3. The molecule has 0 saturated carbocycles. The van der Waals surface area contributed by atoms with E-state index in [1.54, 1.807) is 23.1 Å². The zero-order valence-corrected chi connectivity index (χ0v) is 20.3. The van der Waals surface area contributed by atoms with Gasteiger partial charge in [0.15, 0.2) is 11.0 Å². The van der Waals surface area contributed by atoms with Gasteiger partial charge in [-0.05, 0) is 31.5 Å². The zero-order valence-electron chi connectivity index (χ0n) is 17.9. The Bertz CT molecular complexity index is 1220. The molecule has 0 aliphatic heterocycles. The zero-order chi connectivity index (χ0) is 22.5. The van der Waals surface area contributed by atoms with Crippen LogP contribution in [0.2, 0.25) is 5.02 Å². The summed E-state index contributed by atoms with van der Waals surface area (Å²) in [4.78, 5) is 4.78. The minimum absolute atomic E-state index is 0.277. The van der Waals surface area contributed by atoms with E-state index < -0.39 is 0 Å². The SMILES string of the molecule is C=CCn1c(COc2cc(C)ccc2Cl)nnc1SCc1csc(-c2ccc(C)cc2)n1. The molecule has 0 bridgehead atoms. The van der Waals surface area contributed by atoms with E-state index in [4.69, 9.17) is 21.3 Å². The van der Waals surface area contributed by atoms with Crippen molar-refractivity contribution in [2.24, 2.45) is 0 Å². The Kier molecular flexibility index (Phi) is 7.29. The molecule has 0 amide bonds. The lowest BCUT2D eigenvalue weighted by molar-refractivity contribution is 0.289. The lowest BCUT2D eigenvalue weighted by Gasteiger charge is -2.10. The van der Waals surface area contributed by atoms with Crippen molar-refractivity contribution < 1.29 is 4.74 Å². The average molecular weight is 483 g/mol. The molecule has 0 radical (unpaired) electrons. The van der Waals surface area contributed by atoms with E-state index in [9.17, 15) is 0 Å². The number of benzene rings is 2. The topological polar surface area (TPSA) is 52.8 Å². The van der Waals surface area contributed by atoms with Crippen molar-refractivity contribution in [2.45, 2.75) is 37.9 Å². The van der Waals surface area contributed by atoms with Crippen LogP contribution < -0.4 is 4.74 Å². The highest BCUT2D eigenvalue weighted by atomic mass is 35.5. The third-order valence-corrected chi connectivity index (χ3v) is 7.00. The summed E-state index contributed by atoms with van der Waals surface area (Å²) in [5.74, 6) is 2.08. The standard InChI is InChI=1S/C24H23ClN4OS2/c1-4-11-29-22(13-30-21-12-17(3)7-10-20(21)25)27-28-24(29)32-15-19-14-31-23(26-19)18-8-5-16(2)6-9-18/h4-10,12,14H,1,11,13,15H2,2-3H3. The minimum atomic E-state index is 0.277. The molecule has 0 spiro atoms. The van der Waals surface area contributed by atoms with E-state index in [1.807, 2.05) is 35.8 Å². The molecule has 2 aromatic carbocycles. The maximum Gasteiger partial charge on any atom is 0.191 e. The maximum absolute atomic E-state index is 6.25. The first kappa shape index (κ1) is 22.6. The summed E-state index contributed by atoms with van der Waals surface area (Å²) in [6.07, 6.45) is 1.83. The van der Waals surface area contributed by atoms with Crippen molar-refractivity contribution in [3.63, 3.8) is 0 Å². The summed E-state index contributed by atoms with van der Waals surface area (Å²) in [7, 11) is 0. The van der Waals surface area contributed by atoms with Crippen molar-refractivity contribution in [3.05, 3.63) is 88.2 Å². The molecule has 0 aliphatic rings. The van der Waals surface area contributed by atoms with Gasteiger partial charge in [-0.2, -0.15) is 0 Å². The summed E-state index contributed by atoms with van der Waals surface area (Å²) in [5.41, 5.74) is 4.49. The molecule has 2 heterocycles. The van der Waals surface area contributed by atoms with Crippen LogP contribution in [0.4, 0.5) is 0 Å². The summed E-state index contributed by atoms with van der Waals surface area (Å²) in [6.45, 7) is 8.83. The Hall–Kier alpha value is -2.61. The van der Waals surface area contributed by atoms with Gasteiger partial charge in [-0.25, -0.2) is 4.98 Å². The van der Waals surface area contributed by atoms with Gasteiger partial charge in [-0.3, -0.25) is 4.57 Å². The van der Waals surface area contributed by atoms with E-state index in [0.29, 0.717) is 23.1 Å². The summed E-state index contributed by atoms with van der Waals surface area (Å²) in [5, 5.41) is 13.2. The molecule has 0 fully saturated rings. The van der Waals surface area contributed by atoms with E-state index in [-0.39, 0.29) is 6.61 Å². The van der Waals surface area contributed by atoms with Crippen molar-refractivity contribution in [3.8, 4) is 16.3 Å². The number of aryl methyl sites for hydroxylation is 2. The molecule has 0 atom stereocenters. The monoisotopic (exact) mass is 482 g/mol. The number of nitrogens with zero attached hydrogens (tertiary/aromatic N) is 4. The number of aromatic nitrogens is 4. The van der Waals surface area contributed by atoms with Gasteiger partial charge in [-0.15, -0.1) is 28.1 Å². The Morgan fingerprint density at radius 3 is 2.69 bits per heavy atom. The molecule has 0 aliphatic carbocycles. The van der Waals surface area contributed by atoms with Crippen LogP contribution in [-0.2, 0) is 18.9 Å². The summed E-state index contributed by atoms with van der Waals surface area (Å²) < 4.78 is 7.93. The Balaban J connectivity index is 1.44. The number of hydrogen-bond acceptors (Lipinski definition) is 6. The van der Waals surface area contributed by atoms with E-state index in [2.05, 4.69) is 53.3 Å². The van der Waals surface area contributed by atoms with Gasteiger partial charge >= 0.3 is 0 Å². The first-order valence-corrected chi connectivity index (χ1v) is 12.3. The van der Waals surface area contributed by atoms with Crippen molar-refractivity contribution >= 4 is 34.7 Å². The highest BCUT2D eigenvalue weighted by molar-refractivity contribution is 7.98. The molecule has 8 heteroatoms. The Morgan fingerprint density at radius 1 is 1.12 bits per heavy atom. The lowest BCUT2D eigenvalue weighted by Crippen LogP contribution is -2.07. The van der Waals surface area contributed by atoms with Gasteiger partial charge in [0.1, 0.15) is 17.4 Å². The van der Waals surface area contributed by atoms with Gasteiger partial charge in [0, 0.05) is 23.2 Å². The number of hydrogen-bond donors (Lipinski definition) is 0. The minimum Gasteiger partial charge on any atom is -0.484 e. The second-order valence-corrected chi connectivity index (χ2v) is 9.53. The molecule has 5 nitrogen and oxygen atoms in total. The molecule has 4 rings (SSSR count). The van der Waals surface area contributed by atoms with Crippen LogP contribution in [0.15, 0.2) is 65.7 Å². The Labute approximate surface area is 201 Å². The number of rotatable bonds is 9. The van der Waals surface area contributed by atoms with Crippen LogP contribution in [0.1, 0.15) is 22.6 Å². The largest absolute Gasteiger partial charge is 0.484 e. The lowest BCUT2D eigenvalue weighted by atomic mass is 10.2. The third-order valence-electron chi connectivity index (χ3n) is 4.75. The number of thioether (sulfide) groups is 1. The molecule has 0 unspecified atom stereocenters. The van der Waals surface area contributed by atoms with Crippen LogP contribution in [0.3, 0.4) is 0 Å². The molecule has 164 valence electrons. The second-order valence-electron chi connectivity index (χ2n) is 7.32. The van der Waals surface area contributed by atoms with Crippen LogP contribution in [0.25, 0.3) is 10.6 Å². The predicted molar refractivity (Wildman–Crippen MR) is 133 cm³/mol. The first-order valence-electron chi connectivity index (χ1n) is 10.1. The molecule has 4 aromatic rings. The van der Waals surface area contributed by atoms with Crippen molar-refractivity contribution in [1.82, 2.24) is 19.7 Å². The normalized spacial score (nSPS) is 11.0. The maximum atomic E-state index is 6.25. The molecule has 2 aromatic heterocycles. The fourth-order valence-corrected chi connectivity index (χ4v) is 5.01. The van der Waals surface area contributed by atoms with Gasteiger partial charge in [0.2, 0.25) is 0 Å². The number of halogens is 1. The fourth-order valence-electron chi connectivity index (χ4n) is 3.05. The molecular weight excluding hydrogens is 460 g/mol. The number of ether oxygens (including phenoxy) is 1. The highest BCUT2D eigenvalue weighted by Crippen LogP contribution is 2.29. The number of thiazole rings is 1. The van der Waals surface area contributed by atoms with Gasteiger partial charge in [0.05, 0.1) is 10.7 Å². The molecular formula is C24H23ClN4OS2. The van der Waals surface area contributed by atoms with Crippen molar-refractivity contribution in [1.29, 1.82) is 0 Å². The smallest absolute Gasteiger partial charge is 0.191 e. The quantitative estimate of drug-likeness (QED) is 0.195. The Morgan fingerprint density at radius 2 is 1.91 bits per heavy atom. The molecule has 0 saturated heterocycles.